The van der Waals surface area contributed by atoms with Gasteiger partial charge >= 0.3 is 16.2 Å². The van der Waals surface area contributed by atoms with Gasteiger partial charge in [-0.1, -0.05) is 17.7 Å². The normalized spacial score (nSPS) is 13.6. The number of carbonyl (C=O) groups excluding carboxylic acids is 2. The molecule has 9 nitrogen and oxygen atoms in total. The summed E-state index contributed by atoms with van der Waals surface area (Å²) in [5.74, 6) is -2.18. The number of nitrogens with one attached hydrogen (secondary N) is 2. The molecule has 0 saturated carbocycles. The fraction of sp³-hybridized carbons (Fsp3) is 0.208. The van der Waals surface area contributed by atoms with Gasteiger partial charge in [0.15, 0.2) is 0 Å². The molecule has 2 aromatic carbocycles. The Kier molecular flexibility index (Phi) is 7.60. The Labute approximate surface area is 217 Å². The standard InChI is InChI=1S/C24H22ClF2N5O4S/c1-31(20-6-4-17(25)5-7-20)23(33)21(13-15-11-18(26)14-19(27)12-15)29-24(34)30-37(35,36)32-10-8-16-3-2-9-28-22(16)32/h2-7,9,11-12,14,21H,8,10,13H2,1H3,(H2,29,30,34)/t21-/m0/s1. The molecule has 0 saturated heterocycles. The molecular formula is C24H22ClF2N5O4S. The number of benzene rings is 2. The van der Waals surface area contributed by atoms with E-state index in [0.29, 0.717) is 28.8 Å². The van der Waals surface area contributed by atoms with Gasteiger partial charge in [0.05, 0.1) is 0 Å². The second-order valence-electron chi connectivity index (χ2n) is 8.30. The third-order valence-corrected chi connectivity index (χ3v) is 7.34. The first-order valence-electron chi connectivity index (χ1n) is 11.1. The zero-order valence-corrected chi connectivity index (χ0v) is 21.1. The topological polar surface area (TPSA) is 112 Å². The van der Waals surface area contributed by atoms with E-state index in [1.54, 1.807) is 36.4 Å². The first-order valence-corrected chi connectivity index (χ1v) is 12.9. The lowest BCUT2D eigenvalue weighted by Gasteiger charge is -2.26. The maximum atomic E-state index is 13.8. The van der Waals surface area contributed by atoms with E-state index in [9.17, 15) is 26.8 Å². The average molecular weight is 550 g/mol. The maximum absolute atomic E-state index is 13.8. The van der Waals surface area contributed by atoms with Crippen molar-refractivity contribution in [2.75, 3.05) is 22.8 Å². The summed E-state index contributed by atoms with van der Waals surface area (Å²) in [6.45, 7) is 0.0825. The number of hydrogen-bond donors (Lipinski definition) is 2. The quantitative estimate of drug-likeness (QED) is 0.470. The highest BCUT2D eigenvalue weighted by molar-refractivity contribution is 7.91. The van der Waals surface area contributed by atoms with Crippen LogP contribution in [-0.4, -0.2) is 45.0 Å². The molecule has 3 aromatic rings. The highest BCUT2D eigenvalue weighted by atomic mass is 35.5. The number of anilines is 2. The van der Waals surface area contributed by atoms with Crippen LogP contribution in [0.2, 0.25) is 5.02 Å². The average Bonchev–Trinajstić information content (AvgIpc) is 3.27. The van der Waals surface area contributed by atoms with Gasteiger partial charge in [-0.15, -0.1) is 0 Å². The lowest BCUT2D eigenvalue weighted by Crippen LogP contribution is -2.54. The van der Waals surface area contributed by atoms with Crippen LogP contribution in [0.15, 0.2) is 60.8 Å². The molecule has 0 aliphatic carbocycles. The number of rotatable bonds is 7. The number of nitrogens with zero attached hydrogens (tertiary/aromatic N) is 3. The van der Waals surface area contributed by atoms with Gasteiger partial charge in [0.2, 0.25) is 5.91 Å². The molecule has 2 heterocycles. The van der Waals surface area contributed by atoms with E-state index in [1.165, 1.54) is 18.1 Å². The maximum Gasteiger partial charge on any atom is 0.330 e. The molecule has 0 bridgehead atoms. The van der Waals surface area contributed by atoms with Gasteiger partial charge in [0.25, 0.3) is 0 Å². The number of halogens is 3. The Morgan fingerprint density at radius 3 is 2.49 bits per heavy atom. The number of pyridine rings is 1. The van der Waals surface area contributed by atoms with E-state index in [4.69, 9.17) is 11.6 Å². The number of likely N-dealkylation sites (N-methyl/N-ethyl adjacent to an activating group) is 1. The van der Waals surface area contributed by atoms with Crippen LogP contribution in [-0.2, 0) is 27.8 Å². The van der Waals surface area contributed by atoms with Crippen molar-refractivity contribution in [2.24, 2.45) is 0 Å². The number of aromatic nitrogens is 1. The number of fused-ring (bicyclic) bond motifs is 1. The predicted molar refractivity (Wildman–Crippen MR) is 135 cm³/mol. The molecule has 37 heavy (non-hydrogen) atoms. The molecule has 1 atom stereocenters. The number of urea groups is 1. The van der Waals surface area contributed by atoms with Crippen molar-refractivity contribution in [1.82, 2.24) is 15.0 Å². The van der Waals surface area contributed by atoms with Crippen molar-refractivity contribution in [3.63, 3.8) is 0 Å². The zero-order valence-electron chi connectivity index (χ0n) is 19.5. The van der Waals surface area contributed by atoms with E-state index in [0.717, 1.165) is 16.4 Å². The number of amides is 3. The van der Waals surface area contributed by atoms with E-state index in [1.807, 2.05) is 4.72 Å². The van der Waals surface area contributed by atoms with Crippen LogP contribution < -0.4 is 19.2 Å². The molecule has 0 radical (unpaired) electrons. The predicted octanol–water partition coefficient (Wildman–Crippen LogP) is 3.19. The SMILES string of the molecule is CN(C(=O)[C@H](Cc1cc(F)cc(F)c1)NC(=O)NS(=O)(=O)N1CCc2cccnc21)c1ccc(Cl)cc1. The smallest absolute Gasteiger partial charge is 0.325 e. The van der Waals surface area contributed by atoms with Gasteiger partial charge in [-0.25, -0.2) is 27.6 Å². The minimum absolute atomic E-state index is 0.0825. The molecule has 13 heteroatoms. The first-order chi connectivity index (χ1) is 17.5. The van der Waals surface area contributed by atoms with Crippen molar-refractivity contribution < 1.29 is 26.8 Å². The van der Waals surface area contributed by atoms with E-state index < -0.39 is 39.8 Å². The molecule has 4 rings (SSSR count). The largest absolute Gasteiger partial charge is 0.330 e. The summed E-state index contributed by atoms with van der Waals surface area (Å²) in [7, 11) is -2.92. The lowest BCUT2D eigenvalue weighted by molar-refractivity contribution is -0.120. The van der Waals surface area contributed by atoms with Crippen molar-refractivity contribution in [3.8, 4) is 0 Å². The Balaban J connectivity index is 1.55. The molecule has 3 amide bonds. The lowest BCUT2D eigenvalue weighted by atomic mass is 10.0. The highest BCUT2D eigenvalue weighted by Gasteiger charge is 2.33. The van der Waals surface area contributed by atoms with Gasteiger partial charge in [-0.2, -0.15) is 8.42 Å². The second kappa shape index (κ2) is 10.7. The Bertz CT molecular complexity index is 1420. The van der Waals surface area contributed by atoms with Crippen molar-refractivity contribution in [1.29, 1.82) is 0 Å². The third kappa shape index (κ3) is 6.15. The van der Waals surface area contributed by atoms with Crippen molar-refractivity contribution in [3.05, 3.63) is 88.6 Å². The van der Waals surface area contributed by atoms with Gasteiger partial charge < -0.3 is 10.2 Å². The van der Waals surface area contributed by atoms with Crippen LogP contribution in [0.25, 0.3) is 0 Å². The van der Waals surface area contributed by atoms with Crippen LogP contribution in [0.4, 0.5) is 25.1 Å². The molecule has 0 fully saturated rings. The number of carbonyl (C=O) groups is 2. The highest BCUT2D eigenvalue weighted by Crippen LogP contribution is 2.26. The summed E-state index contributed by atoms with van der Waals surface area (Å²) < 4.78 is 56.2. The minimum atomic E-state index is -4.36. The summed E-state index contributed by atoms with van der Waals surface area (Å²) in [5.41, 5.74) is 1.22. The van der Waals surface area contributed by atoms with E-state index >= 15 is 0 Å². The van der Waals surface area contributed by atoms with Crippen molar-refractivity contribution in [2.45, 2.75) is 18.9 Å². The van der Waals surface area contributed by atoms with Gasteiger partial charge in [0, 0.05) is 43.0 Å². The van der Waals surface area contributed by atoms with Crippen LogP contribution in [0.5, 0.6) is 0 Å². The molecule has 194 valence electrons. The fourth-order valence-corrected chi connectivity index (χ4v) is 5.22. The third-order valence-electron chi connectivity index (χ3n) is 5.71. The Morgan fingerprint density at radius 1 is 1.14 bits per heavy atom. The van der Waals surface area contributed by atoms with E-state index in [2.05, 4.69) is 10.3 Å². The summed E-state index contributed by atoms with van der Waals surface area (Å²) >= 11 is 5.91. The van der Waals surface area contributed by atoms with Crippen LogP contribution in [0.3, 0.4) is 0 Å². The molecule has 0 spiro atoms. The first kappa shape index (κ1) is 26.3. The van der Waals surface area contributed by atoms with E-state index in [-0.39, 0.29) is 24.3 Å². The van der Waals surface area contributed by atoms with Crippen LogP contribution >= 0.6 is 11.6 Å². The molecule has 1 aromatic heterocycles. The summed E-state index contributed by atoms with van der Waals surface area (Å²) in [5, 5.41) is 2.77. The Morgan fingerprint density at radius 2 is 1.81 bits per heavy atom. The summed E-state index contributed by atoms with van der Waals surface area (Å²) in [4.78, 5) is 31.4. The number of hydrogen-bond acceptors (Lipinski definition) is 5. The zero-order chi connectivity index (χ0) is 26.7. The van der Waals surface area contributed by atoms with Gasteiger partial charge in [0.1, 0.15) is 23.5 Å². The van der Waals surface area contributed by atoms with Gasteiger partial charge in [-0.3, -0.25) is 4.79 Å². The Hall–Kier alpha value is -3.77. The molecule has 1 aliphatic heterocycles. The van der Waals surface area contributed by atoms with Crippen LogP contribution in [0, 0.1) is 11.6 Å². The minimum Gasteiger partial charge on any atom is -0.325 e. The van der Waals surface area contributed by atoms with Gasteiger partial charge in [-0.05, 0) is 60.0 Å². The van der Waals surface area contributed by atoms with Crippen molar-refractivity contribution >= 4 is 45.3 Å². The molecular weight excluding hydrogens is 528 g/mol. The summed E-state index contributed by atoms with van der Waals surface area (Å²) in [6, 6.07) is 9.83. The fourth-order valence-electron chi connectivity index (χ4n) is 3.96. The second-order valence-corrected chi connectivity index (χ2v) is 10.3. The monoisotopic (exact) mass is 549 g/mol. The van der Waals surface area contributed by atoms with Crippen LogP contribution in [0.1, 0.15) is 11.1 Å². The molecule has 1 aliphatic rings. The molecule has 0 unspecified atom stereocenters. The molecule has 2 N–H and O–H groups in total. The summed E-state index contributed by atoms with van der Waals surface area (Å²) in [6.07, 6.45) is 1.54.